The molecule has 8 nitrogen and oxygen atoms in total. The molecule has 3 aliphatic rings. The minimum absolute atomic E-state index is 0.206. The normalized spacial score (nSPS) is 24.5. The van der Waals surface area contributed by atoms with Crippen LogP contribution in [0.15, 0.2) is 34.9 Å². The maximum atomic E-state index is 11.1. The van der Waals surface area contributed by atoms with Crippen molar-refractivity contribution in [2.75, 3.05) is 64.0 Å². The van der Waals surface area contributed by atoms with E-state index in [1.54, 1.807) is 0 Å². The summed E-state index contributed by atoms with van der Waals surface area (Å²) in [6.45, 7) is 10.1. The maximum Gasteiger partial charge on any atom is 0.232 e. The predicted octanol–water partition coefficient (Wildman–Crippen LogP) is 3.39. The van der Waals surface area contributed by atoms with Crippen LogP contribution in [0.25, 0.3) is 11.3 Å². The first-order chi connectivity index (χ1) is 17.7. The number of morpholine rings is 1. The van der Waals surface area contributed by atoms with E-state index in [0.29, 0.717) is 25.7 Å². The summed E-state index contributed by atoms with van der Waals surface area (Å²) in [6.07, 6.45) is 5.53. The lowest BCUT2D eigenvalue weighted by Crippen LogP contribution is -2.46. The molecule has 5 rings (SSSR count). The molecule has 0 radical (unpaired) electrons. The molecular weight excluding hydrogens is 456 g/mol. The smallest absolute Gasteiger partial charge is 0.232 e. The number of aromatic nitrogens is 1. The van der Waals surface area contributed by atoms with Gasteiger partial charge in [0.1, 0.15) is 5.69 Å². The van der Waals surface area contributed by atoms with Gasteiger partial charge >= 0.3 is 0 Å². The lowest BCUT2D eigenvalue weighted by atomic mass is 10.0. The molecular formula is C28H42N4O4. The molecule has 8 heteroatoms. The van der Waals surface area contributed by atoms with Crippen LogP contribution in [0.5, 0.6) is 0 Å². The molecule has 2 aromatic rings. The van der Waals surface area contributed by atoms with Gasteiger partial charge < -0.3 is 24.0 Å². The fourth-order valence-corrected chi connectivity index (χ4v) is 5.83. The van der Waals surface area contributed by atoms with Crippen LogP contribution >= 0.6 is 0 Å². The van der Waals surface area contributed by atoms with Gasteiger partial charge in [0, 0.05) is 64.0 Å². The molecule has 1 aromatic carbocycles. The first-order valence-corrected chi connectivity index (χ1v) is 13.8. The van der Waals surface area contributed by atoms with E-state index >= 15 is 0 Å². The van der Waals surface area contributed by atoms with Crippen molar-refractivity contribution in [1.29, 1.82) is 0 Å². The fraction of sp³-hybridized carbons (Fsp3) is 0.679. The number of benzene rings is 1. The summed E-state index contributed by atoms with van der Waals surface area (Å²) in [7, 11) is 0. The molecule has 3 aliphatic heterocycles. The van der Waals surface area contributed by atoms with E-state index < -0.39 is 6.10 Å². The Balaban J connectivity index is 1.39. The number of nitrogens with zero attached hydrogens (tertiary/aromatic N) is 4. The number of aliphatic hydroxyl groups excluding tert-OH is 1. The van der Waals surface area contributed by atoms with Gasteiger partial charge in [-0.3, -0.25) is 9.80 Å². The minimum Gasteiger partial charge on any atom is -0.390 e. The molecule has 0 aliphatic carbocycles. The predicted molar refractivity (Wildman–Crippen MR) is 140 cm³/mol. The highest BCUT2D eigenvalue weighted by Gasteiger charge is 2.30. The van der Waals surface area contributed by atoms with Crippen molar-refractivity contribution in [2.24, 2.45) is 0 Å². The number of hydrogen-bond acceptors (Lipinski definition) is 8. The van der Waals surface area contributed by atoms with Gasteiger partial charge in [-0.05, 0) is 39.0 Å². The Morgan fingerprint density at radius 2 is 1.89 bits per heavy atom. The van der Waals surface area contributed by atoms with Crippen LogP contribution in [-0.4, -0.2) is 97.4 Å². The van der Waals surface area contributed by atoms with Crippen molar-refractivity contribution in [3.05, 3.63) is 35.9 Å². The molecule has 0 spiro atoms. The largest absolute Gasteiger partial charge is 0.390 e. The molecule has 36 heavy (non-hydrogen) atoms. The number of ether oxygens (including phenoxy) is 2. The number of rotatable bonds is 10. The van der Waals surface area contributed by atoms with Crippen molar-refractivity contribution in [1.82, 2.24) is 15.0 Å². The average Bonchev–Trinajstić information content (AvgIpc) is 3.56. The van der Waals surface area contributed by atoms with Gasteiger partial charge in [0.15, 0.2) is 0 Å². The third kappa shape index (κ3) is 6.47. The molecule has 3 atom stereocenters. The Bertz CT molecular complexity index is 927. The number of piperidine rings is 1. The number of anilines is 1. The number of aliphatic hydroxyl groups is 1. The first-order valence-electron chi connectivity index (χ1n) is 13.8. The molecule has 4 heterocycles. The Labute approximate surface area is 215 Å². The summed E-state index contributed by atoms with van der Waals surface area (Å²) in [6, 6.07) is 10.8. The van der Waals surface area contributed by atoms with Crippen molar-refractivity contribution in [3.63, 3.8) is 0 Å². The van der Waals surface area contributed by atoms with Crippen LogP contribution in [0, 0.1) is 0 Å². The second kappa shape index (κ2) is 12.5. The summed E-state index contributed by atoms with van der Waals surface area (Å²) in [5.74, 6) is 0.890. The lowest BCUT2D eigenvalue weighted by Gasteiger charge is -2.35. The molecule has 198 valence electrons. The number of hydrogen-bond donors (Lipinski definition) is 1. The van der Waals surface area contributed by atoms with E-state index in [2.05, 4.69) is 38.9 Å². The van der Waals surface area contributed by atoms with Crippen molar-refractivity contribution >= 4 is 5.88 Å². The summed E-state index contributed by atoms with van der Waals surface area (Å²) in [4.78, 5) is 7.05. The average molecular weight is 499 g/mol. The summed E-state index contributed by atoms with van der Waals surface area (Å²) >= 11 is 0. The van der Waals surface area contributed by atoms with E-state index in [4.69, 9.17) is 14.0 Å². The molecule has 3 fully saturated rings. The van der Waals surface area contributed by atoms with Crippen LogP contribution in [0.4, 0.5) is 5.88 Å². The maximum absolute atomic E-state index is 11.1. The minimum atomic E-state index is -0.443. The SMILES string of the molecule is CC1CCCCN1c1onc(-c2ccccc2)c1CN(CC(O)CN1CCOCC1)CC1CCCO1. The second-order valence-corrected chi connectivity index (χ2v) is 10.6. The van der Waals surface area contributed by atoms with E-state index in [1.165, 1.54) is 19.3 Å². The molecule has 0 amide bonds. The Kier molecular flexibility index (Phi) is 8.93. The van der Waals surface area contributed by atoms with Crippen LogP contribution in [0.2, 0.25) is 0 Å². The zero-order valence-corrected chi connectivity index (χ0v) is 21.7. The highest BCUT2D eigenvalue weighted by Crippen LogP contribution is 2.35. The molecule has 0 saturated carbocycles. The van der Waals surface area contributed by atoms with Crippen molar-refractivity contribution in [2.45, 2.75) is 63.8 Å². The first kappa shape index (κ1) is 25.7. The lowest BCUT2D eigenvalue weighted by molar-refractivity contribution is -0.0000980. The van der Waals surface area contributed by atoms with Gasteiger partial charge in [-0.25, -0.2) is 0 Å². The van der Waals surface area contributed by atoms with Crippen LogP contribution < -0.4 is 4.90 Å². The van der Waals surface area contributed by atoms with E-state index in [-0.39, 0.29) is 6.10 Å². The van der Waals surface area contributed by atoms with Gasteiger partial charge in [0.05, 0.1) is 31.0 Å². The van der Waals surface area contributed by atoms with Crippen molar-refractivity contribution < 1.29 is 19.1 Å². The zero-order chi connectivity index (χ0) is 24.7. The fourth-order valence-electron chi connectivity index (χ4n) is 5.83. The van der Waals surface area contributed by atoms with Gasteiger partial charge in [-0.15, -0.1) is 0 Å². The topological polar surface area (TPSA) is 74.4 Å². The zero-order valence-electron chi connectivity index (χ0n) is 21.7. The molecule has 3 saturated heterocycles. The monoisotopic (exact) mass is 498 g/mol. The van der Waals surface area contributed by atoms with E-state index in [1.807, 2.05) is 18.2 Å². The Hall–Kier alpha value is -1.97. The molecule has 1 aromatic heterocycles. The molecule has 1 N–H and O–H groups in total. The summed E-state index contributed by atoms with van der Waals surface area (Å²) in [5, 5.41) is 15.7. The molecule has 3 unspecified atom stereocenters. The highest BCUT2D eigenvalue weighted by molar-refractivity contribution is 5.68. The highest BCUT2D eigenvalue weighted by atomic mass is 16.5. The van der Waals surface area contributed by atoms with Crippen LogP contribution in [0.3, 0.4) is 0 Å². The molecule has 0 bridgehead atoms. The van der Waals surface area contributed by atoms with Gasteiger partial charge in [0.2, 0.25) is 5.88 Å². The Morgan fingerprint density at radius 1 is 1.06 bits per heavy atom. The number of β-amino-alcohol motifs (C(OH)–C–C–N with tert-alkyl or cyclic N) is 1. The van der Waals surface area contributed by atoms with Gasteiger partial charge in [0.25, 0.3) is 0 Å². The second-order valence-electron chi connectivity index (χ2n) is 10.6. The van der Waals surface area contributed by atoms with E-state index in [0.717, 1.165) is 81.5 Å². The summed E-state index contributed by atoms with van der Waals surface area (Å²) < 4.78 is 17.6. The van der Waals surface area contributed by atoms with Gasteiger partial charge in [-0.1, -0.05) is 35.5 Å². The van der Waals surface area contributed by atoms with Crippen LogP contribution in [0.1, 0.15) is 44.6 Å². The van der Waals surface area contributed by atoms with E-state index in [9.17, 15) is 5.11 Å². The third-order valence-corrected chi connectivity index (χ3v) is 7.79. The quantitative estimate of drug-likeness (QED) is 0.534. The third-order valence-electron chi connectivity index (χ3n) is 7.79. The van der Waals surface area contributed by atoms with Crippen LogP contribution in [-0.2, 0) is 16.0 Å². The Morgan fingerprint density at radius 3 is 2.64 bits per heavy atom. The van der Waals surface area contributed by atoms with Crippen molar-refractivity contribution in [3.8, 4) is 11.3 Å². The summed E-state index contributed by atoms with van der Waals surface area (Å²) in [5.41, 5.74) is 3.09. The van der Waals surface area contributed by atoms with Gasteiger partial charge in [-0.2, -0.15) is 0 Å². The standard InChI is InChI=1S/C28H42N4O4/c1-22-8-5-6-12-32(22)28-26(27(29-36-28)23-9-3-2-4-10-23)21-31(20-25-11-7-15-35-25)19-24(33)18-30-13-16-34-17-14-30/h2-4,9-10,22,24-25,33H,5-8,11-21H2,1H3.